The predicted octanol–water partition coefficient (Wildman–Crippen LogP) is 6.29. The molecule has 1 aromatic rings. The number of carbonyl (C=O) groups is 1. The molecule has 0 saturated heterocycles. The van der Waals surface area contributed by atoms with Gasteiger partial charge in [0.15, 0.2) is 5.78 Å². The number of hydrogen-bond donors (Lipinski definition) is 1. The molecule has 7 atom stereocenters. The summed E-state index contributed by atoms with van der Waals surface area (Å²) in [5.74, 6) is 3.05. The van der Waals surface area contributed by atoms with Crippen molar-refractivity contribution < 1.29 is 9.90 Å². The first-order valence-corrected chi connectivity index (χ1v) is 13.2. The number of benzene rings is 1. The maximum Gasteiger partial charge on any atom is 0.155 e. The third-order valence-electron chi connectivity index (χ3n) is 9.99. The molecule has 33 heavy (non-hydrogen) atoms. The number of nitrogens with zero attached hydrogens (tertiary/aromatic N) is 1. The summed E-state index contributed by atoms with van der Waals surface area (Å²) in [7, 11) is 4.18. The van der Waals surface area contributed by atoms with Gasteiger partial charge in [-0.25, -0.2) is 0 Å². The lowest BCUT2D eigenvalue weighted by molar-refractivity contribution is -0.117. The minimum Gasteiger partial charge on any atom is -0.385 e. The number of allylic oxidation sites excluding steroid dienone is 2. The first-order valence-electron chi connectivity index (χ1n) is 13.2. The topological polar surface area (TPSA) is 40.5 Å². The molecule has 4 unspecified atom stereocenters. The molecular weight excluding hydrogens is 406 g/mol. The zero-order valence-corrected chi connectivity index (χ0v) is 20.9. The van der Waals surface area contributed by atoms with Crippen molar-refractivity contribution in [2.24, 2.45) is 29.1 Å². The van der Waals surface area contributed by atoms with Gasteiger partial charge >= 0.3 is 0 Å². The second kappa shape index (κ2) is 8.41. The number of aliphatic hydroxyl groups is 1. The number of rotatable bonds is 4. The molecule has 3 saturated carbocycles. The van der Waals surface area contributed by atoms with Crippen LogP contribution in [0.3, 0.4) is 0 Å². The van der Waals surface area contributed by atoms with Gasteiger partial charge in [0.25, 0.3) is 0 Å². The van der Waals surface area contributed by atoms with E-state index in [1.165, 1.54) is 23.2 Å². The summed E-state index contributed by atoms with van der Waals surface area (Å²) in [6, 6.07) is 9.17. The predicted molar refractivity (Wildman–Crippen MR) is 135 cm³/mol. The molecule has 178 valence electrons. The molecule has 0 bridgehead atoms. The number of carbonyl (C=O) groups excluding carboxylic acids is 1. The summed E-state index contributed by atoms with van der Waals surface area (Å²) in [5.41, 5.74) is 3.26. The Morgan fingerprint density at radius 2 is 1.85 bits per heavy atom. The van der Waals surface area contributed by atoms with E-state index < -0.39 is 5.60 Å². The molecule has 0 aromatic heterocycles. The van der Waals surface area contributed by atoms with Gasteiger partial charge in [0.1, 0.15) is 0 Å². The van der Waals surface area contributed by atoms with Crippen LogP contribution in [0.5, 0.6) is 0 Å². The zero-order valence-electron chi connectivity index (χ0n) is 20.9. The van der Waals surface area contributed by atoms with Crippen molar-refractivity contribution in [2.45, 2.75) is 76.7 Å². The van der Waals surface area contributed by atoms with Crippen LogP contribution in [0, 0.1) is 29.1 Å². The van der Waals surface area contributed by atoms with Crippen molar-refractivity contribution in [3.63, 3.8) is 0 Å². The Labute approximate surface area is 200 Å². The van der Waals surface area contributed by atoms with Crippen LogP contribution in [-0.2, 0) is 4.79 Å². The second-order valence-corrected chi connectivity index (χ2v) is 11.7. The summed E-state index contributed by atoms with van der Waals surface area (Å²) in [6.45, 7) is 4.54. The number of anilines is 1. The van der Waals surface area contributed by atoms with E-state index >= 15 is 0 Å². The lowest BCUT2D eigenvalue weighted by Crippen LogP contribution is -2.54. The van der Waals surface area contributed by atoms with E-state index in [9.17, 15) is 9.90 Å². The monoisotopic (exact) mass is 447 g/mol. The molecule has 4 aliphatic rings. The zero-order chi connectivity index (χ0) is 23.4. The lowest BCUT2D eigenvalue weighted by Gasteiger charge is -2.58. The smallest absolute Gasteiger partial charge is 0.155 e. The molecule has 0 heterocycles. The Hall–Kier alpha value is -1.87. The van der Waals surface area contributed by atoms with E-state index in [0.717, 1.165) is 38.5 Å². The maximum absolute atomic E-state index is 12.2. The highest BCUT2D eigenvalue weighted by Crippen LogP contribution is 2.68. The maximum atomic E-state index is 12.2. The molecule has 0 spiro atoms. The van der Waals surface area contributed by atoms with Gasteiger partial charge in [-0.2, -0.15) is 0 Å². The van der Waals surface area contributed by atoms with Gasteiger partial charge in [-0.15, -0.1) is 0 Å². The summed E-state index contributed by atoms with van der Waals surface area (Å²) in [6.07, 6.45) is 14.3. The second-order valence-electron chi connectivity index (χ2n) is 11.7. The quantitative estimate of drug-likeness (QED) is 0.552. The largest absolute Gasteiger partial charge is 0.385 e. The highest BCUT2D eigenvalue weighted by molar-refractivity contribution is 5.91. The summed E-state index contributed by atoms with van der Waals surface area (Å²) < 4.78 is 0. The summed E-state index contributed by atoms with van der Waals surface area (Å²) in [4.78, 5) is 14.4. The van der Waals surface area contributed by atoms with Crippen LogP contribution < -0.4 is 4.90 Å². The fraction of sp³-hybridized carbons (Fsp3) is 0.633. The molecule has 5 rings (SSSR count). The first-order chi connectivity index (χ1) is 15.8. The van der Waals surface area contributed by atoms with Crippen molar-refractivity contribution in [3.8, 4) is 0 Å². The number of fused-ring (bicyclic) bond motifs is 5. The van der Waals surface area contributed by atoms with Crippen molar-refractivity contribution in [2.75, 3.05) is 19.0 Å². The third-order valence-corrected chi connectivity index (χ3v) is 9.99. The van der Waals surface area contributed by atoms with E-state index in [1.54, 1.807) is 0 Å². The van der Waals surface area contributed by atoms with Crippen molar-refractivity contribution >= 4 is 11.5 Å². The number of ketones is 1. The Bertz CT molecular complexity index is 960. The molecular formula is C30H41NO2. The van der Waals surface area contributed by atoms with E-state index in [-0.39, 0.29) is 5.41 Å². The Morgan fingerprint density at radius 3 is 2.55 bits per heavy atom. The third kappa shape index (κ3) is 3.62. The normalized spacial score (nSPS) is 40.2. The van der Waals surface area contributed by atoms with E-state index in [0.29, 0.717) is 41.8 Å². The van der Waals surface area contributed by atoms with Gasteiger partial charge in [-0.1, -0.05) is 43.7 Å². The molecule has 3 fully saturated rings. The standard InChI is InChI=1S/C30H41NO2/c1-5-6-16-30(33)17-15-27-25-13-9-21-18-23(32)12-14-24(21)28(25)26(19-29(27,30)2)20-7-10-22(11-8-20)31(3)4/h6-8,10-11,16,18,24-28,33H,5,9,12-15,17,19H2,1-4H3/b16-6-/t24-,25?,26?,27?,28?,29-,30-/m0/s1. The SMILES string of the molecule is CC/C=C\[C@]1(O)CCC2C3CCC4=CC(=O)CC[C@@H]4C3C(c3ccc(N(C)C)cc3)C[C@@]21C. The average molecular weight is 448 g/mol. The minimum absolute atomic E-state index is 0.101. The van der Waals surface area contributed by atoms with E-state index in [1.807, 2.05) is 6.08 Å². The van der Waals surface area contributed by atoms with Crippen LogP contribution >= 0.6 is 0 Å². The van der Waals surface area contributed by atoms with Gasteiger partial charge in [0.05, 0.1) is 5.60 Å². The van der Waals surface area contributed by atoms with Crippen LogP contribution in [0.2, 0.25) is 0 Å². The van der Waals surface area contributed by atoms with Crippen LogP contribution in [0.25, 0.3) is 0 Å². The highest BCUT2D eigenvalue weighted by atomic mass is 16.3. The van der Waals surface area contributed by atoms with Crippen molar-refractivity contribution in [3.05, 3.63) is 53.6 Å². The molecule has 4 aliphatic carbocycles. The van der Waals surface area contributed by atoms with Gasteiger partial charge in [0, 0.05) is 31.6 Å². The Kier molecular flexibility index (Phi) is 5.84. The number of hydrogen-bond acceptors (Lipinski definition) is 3. The molecule has 1 N–H and O–H groups in total. The van der Waals surface area contributed by atoms with Gasteiger partial charge in [-0.3, -0.25) is 4.79 Å². The summed E-state index contributed by atoms with van der Waals surface area (Å²) in [5, 5.41) is 12.0. The molecule has 3 nitrogen and oxygen atoms in total. The molecule has 0 amide bonds. The molecule has 1 aromatic carbocycles. The first kappa shape index (κ1) is 22.9. The average Bonchev–Trinajstić information content (AvgIpc) is 3.07. The van der Waals surface area contributed by atoms with Crippen LogP contribution in [0.4, 0.5) is 5.69 Å². The fourth-order valence-electron chi connectivity index (χ4n) is 8.29. The van der Waals surface area contributed by atoms with Crippen LogP contribution in [0.15, 0.2) is 48.1 Å². The van der Waals surface area contributed by atoms with Gasteiger partial charge < -0.3 is 10.0 Å². The summed E-state index contributed by atoms with van der Waals surface area (Å²) >= 11 is 0. The molecule has 0 radical (unpaired) electrons. The van der Waals surface area contributed by atoms with Crippen LogP contribution in [0.1, 0.15) is 76.7 Å². The van der Waals surface area contributed by atoms with E-state index in [2.05, 4.69) is 69.3 Å². The fourth-order valence-corrected chi connectivity index (χ4v) is 8.29. The van der Waals surface area contributed by atoms with E-state index in [4.69, 9.17) is 0 Å². The van der Waals surface area contributed by atoms with Crippen molar-refractivity contribution in [1.82, 2.24) is 0 Å². The lowest BCUT2D eigenvalue weighted by atomic mass is 9.46. The van der Waals surface area contributed by atoms with Crippen molar-refractivity contribution in [1.29, 1.82) is 0 Å². The Morgan fingerprint density at radius 1 is 1.09 bits per heavy atom. The molecule has 0 aliphatic heterocycles. The van der Waals surface area contributed by atoms with Crippen LogP contribution in [-0.4, -0.2) is 30.6 Å². The van der Waals surface area contributed by atoms with Gasteiger partial charge in [-0.05, 0) is 98.3 Å². The Balaban J connectivity index is 1.59. The highest BCUT2D eigenvalue weighted by Gasteiger charge is 2.63. The van der Waals surface area contributed by atoms with Gasteiger partial charge in [0.2, 0.25) is 0 Å². The molecule has 3 heteroatoms. The minimum atomic E-state index is -0.709.